The van der Waals surface area contributed by atoms with Gasteiger partial charge in [0, 0.05) is 17.5 Å². The van der Waals surface area contributed by atoms with Crippen molar-refractivity contribution < 1.29 is 54.5 Å². The number of aliphatic hydroxyl groups is 2. The highest BCUT2D eigenvalue weighted by molar-refractivity contribution is 5.54. The van der Waals surface area contributed by atoms with E-state index in [4.69, 9.17) is 4.74 Å². The maximum atomic E-state index is 13.7. The van der Waals surface area contributed by atoms with Crippen LogP contribution in [0.4, 0.5) is 45.3 Å². The molecular formula is C23H26F9N3O3. The average Bonchev–Trinajstić information content (AvgIpc) is 2.64. The van der Waals surface area contributed by atoms with Gasteiger partial charge in [-0.3, -0.25) is 0 Å². The minimum atomic E-state index is -5.01. The molecule has 3 atom stereocenters. The summed E-state index contributed by atoms with van der Waals surface area (Å²) < 4.78 is 125. The fourth-order valence-corrected chi connectivity index (χ4v) is 6.73. The van der Waals surface area contributed by atoms with Gasteiger partial charge >= 0.3 is 18.5 Å². The number of pyridine rings is 1. The lowest BCUT2D eigenvalue weighted by molar-refractivity contribution is -0.403. The van der Waals surface area contributed by atoms with E-state index in [0.717, 1.165) is 6.20 Å². The summed E-state index contributed by atoms with van der Waals surface area (Å²) in [7, 11) is 0. The van der Waals surface area contributed by atoms with E-state index in [1.165, 1.54) is 0 Å². The molecule has 0 aromatic carbocycles. The highest BCUT2D eigenvalue weighted by atomic mass is 19.4. The lowest BCUT2D eigenvalue weighted by Gasteiger charge is -2.76. The zero-order chi connectivity index (χ0) is 28.2. The summed E-state index contributed by atoms with van der Waals surface area (Å²) in [5.41, 5.74) is -8.44. The number of hydrogen-bond acceptors (Lipinski definition) is 6. The Kier molecular flexibility index (Phi) is 5.82. The van der Waals surface area contributed by atoms with Crippen LogP contribution in [0.1, 0.15) is 44.6 Å². The van der Waals surface area contributed by atoms with Crippen LogP contribution in [0.25, 0.3) is 0 Å². The van der Waals surface area contributed by atoms with E-state index in [1.54, 1.807) is 6.92 Å². The first-order chi connectivity index (χ1) is 17.2. The molecule has 0 unspecified atom stereocenters. The van der Waals surface area contributed by atoms with Crippen molar-refractivity contribution in [3.8, 4) is 5.75 Å². The molecule has 3 N–H and O–H groups in total. The fourth-order valence-electron chi connectivity index (χ4n) is 6.73. The Balaban J connectivity index is 1.26. The third-order valence-corrected chi connectivity index (χ3v) is 8.70. The Hall–Kier alpha value is -2.00. The van der Waals surface area contributed by atoms with Gasteiger partial charge in [0.25, 0.3) is 0 Å². The highest BCUT2D eigenvalue weighted by Gasteiger charge is 2.83. The van der Waals surface area contributed by atoms with Crippen LogP contribution in [-0.4, -0.2) is 70.5 Å². The minimum absolute atomic E-state index is 0.0483. The first kappa shape index (κ1) is 27.6. The number of piperidine rings is 1. The largest absolute Gasteiger partial charge is 0.490 e. The molecule has 0 spiro atoms. The van der Waals surface area contributed by atoms with Crippen LogP contribution >= 0.6 is 0 Å². The summed E-state index contributed by atoms with van der Waals surface area (Å²) in [6, 6.07) is -0.269. The SMILES string of the molecule is C[C@H]1C[C@@](O)(C23CC(C(F)(F)F)(C2)C3)C[C@@H](COc2cnc(N3CC(O)(C(F)(F)F)C3)c(C(F)(F)F)c2)N1. The van der Waals surface area contributed by atoms with Crippen molar-refractivity contribution >= 4 is 5.82 Å². The quantitative estimate of drug-likeness (QED) is 0.467. The summed E-state index contributed by atoms with van der Waals surface area (Å²) in [4.78, 5) is 4.32. The second-order valence-corrected chi connectivity index (χ2v) is 11.5. The molecule has 5 fully saturated rings. The van der Waals surface area contributed by atoms with Crippen molar-refractivity contribution in [1.82, 2.24) is 10.3 Å². The Bertz CT molecular complexity index is 1080. The minimum Gasteiger partial charge on any atom is -0.490 e. The highest BCUT2D eigenvalue weighted by Crippen LogP contribution is 2.82. The fraction of sp³-hybridized carbons (Fsp3) is 0.783. The number of anilines is 1. The van der Waals surface area contributed by atoms with Crippen LogP contribution in [0.3, 0.4) is 0 Å². The maximum Gasteiger partial charge on any atom is 0.420 e. The van der Waals surface area contributed by atoms with Gasteiger partial charge in [-0.1, -0.05) is 0 Å². The molecule has 2 saturated heterocycles. The summed E-state index contributed by atoms with van der Waals surface area (Å²) in [5.74, 6) is -1.10. The van der Waals surface area contributed by atoms with Gasteiger partial charge in [0.2, 0.25) is 0 Å². The molecule has 2 aliphatic heterocycles. The van der Waals surface area contributed by atoms with Crippen molar-refractivity contribution in [3.05, 3.63) is 17.8 Å². The van der Waals surface area contributed by atoms with Crippen molar-refractivity contribution in [1.29, 1.82) is 0 Å². The lowest BCUT2D eigenvalue weighted by Crippen LogP contribution is -2.78. The Morgan fingerprint density at radius 1 is 1.00 bits per heavy atom. The Morgan fingerprint density at radius 3 is 2.13 bits per heavy atom. The number of aromatic nitrogens is 1. The molecule has 3 heterocycles. The molecule has 6 nitrogen and oxygen atoms in total. The standard InChI is InChI=1S/C23H26F9N3O3/c1-12-3-19(36,17-7-18(8-17,9-17)22(27,28)29)4-13(34-12)6-38-14-2-15(21(24,25)26)16(33-5-14)35-10-20(37,11-35)23(30,31)32/h2,5,12-13,34,36-37H,3-4,6-11H2,1H3/t12-,13-,17?,18?,19-/m0/s1. The number of nitrogens with zero attached hydrogens (tertiary/aromatic N) is 2. The molecule has 5 aliphatic rings. The molecule has 1 aromatic heterocycles. The lowest BCUT2D eigenvalue weighted by atomic mass is 9.29. The molecule has 38 heavy (non-hydrogen) atoms. The first-order valence-electron chi connectivity index (χ1n) is 12.0. The molecule has 3 saturated carbocycles. The van der Waals surface area contributed by atoms with E-state index in [2.05, 4.69) is 10.3 Å². The van der Waals surface area contributed by atoms with Crippen LogP contribution in [0.5, 0.6) is 5.75 Å². The van der Waals surface area contributed by atoms with Crippen LogP contribution in [0, 0.1) is 10.8 Å². The third-order valence-electron chi connectivity index (χ3n) is 8.70. The zero-order valence-electron chi connectivity index (χ0n) is 20.1. The summed E-state index contributed by atoms with van der Waals surface area (Å²) >= 11 is 0. The van der Waals surface area contributed by atoms with Gasteiger partial charge < -0.3 is 25.2 Å². The van der Waals surface area contributed by atoms with Crippen molar-refractivity contribution in [2.24, 2.45) is 10.8 Å². The van der Waals surface area contributed by atoms with Crippen LogP contribution in [0.15, 0.2) is 12.3 Å². The van der Waals surface area contributed by atoms with E-state index >= 15 is 0 Å². The predicted octanol–water partition coefficient (Wildman–Crippen LogP) is 4.20. The van der Waals surface area contributed by atoms with Gasteiger partial charge in [-0.05, 0) is 45.1 Å². The number of halogens is 9. The van der Waals surface area contributed by atoms with E-state index in [-0.39, 0.29) is 50.5 Å². The van der Waals surface area contributed by atoms with Crippen LogP contribution < -0.4 is 15.0 Å². The number of nitrogens with one attached hydrogen (secondary N) is 1. The van der Waals surface area contributed by atoms with Gasteiger partial charge in [0.05, 0.1) is 30.3 Å². The molecule has 214 valence electrons. The molecular weight excluding hydrogens is 537 g/mol. The number of rotatable bonds is 5. The molecule has 2 bridgehead atoms. The Labute approximate surface area is 211 Å². The molecule has 0 amide bonds. The summed E-state index contributed by atoms with van der Waals surface area (Å²) in [6.45, 7) is -0.683. The van der Waals surface area contributed by atoms with Gasteiger partial charge in [0.15, 0.2) is 5.60 Å². The van der Waals surface area contributed by atoms with E-state index < -0.39 is 71.1 Å². The van der Waals surface area contributed by atoms with Crippen molar-refractivity contribution in [3.63, 3.8) is 0 Å². The van der Waals surface area contributed by atoms with E-state index in [1.807, 2.05) is 0 Å². The molecule has 6 rings (SSSR count). The number of hydrogen-bond donors (Lipinski definition) is 3. The summed E-state index contributed by atoms with van der Waals surface area (Å²) in [5, 5.41) is 24.1. The smallest absolute Gasteiger partial charge is 0.420 e. The molecule has 15 heteroatoms. The number of β-amino-alcohol motifs (C(OH)–C–C–N with tert-alkyl or cyclic N) is 1. The van der Waals surface area contributed by atoms with Gasteiger partial charge in [0.1, 0.15) is 23.7 Å². The van der Waals surface area contributed by atoms with Gasteiger partial charge in [-0.2, -0.15) is 39.5 Å². The zero-order valence-corrected chi connectivity index (χ0v) is 20.1. The topological polar surface area (TPSA) is 77.9 Å². The maximum absolute atomic E-state index is 13.7. The number of alkyl halides is 9. The number of ether oxygens (including phenoxy) is 1. The molecule has 0 radical (unpaired) electrons. The predicted molar refractivity (Wildman–Crippen MR) is 113 cm³/mol. The van der Waals surface area contributed by atoms with Crippen LogP contribution in [0.2, 0.25) is 0 Å². The van der Waals surface area contributed by atoms with E-state index in [0.29, 0.717) is 11.0 Å². The average molecular weight is 563 g/mol. The van der Waals surface area contributed by atoms with Gasteiger partial charge in [-0.25, -0.2) is 4.98 Å². The molecule has 1 aromatic rings. The normalized spacial score (nSPS) is 36.7. The van der Waals surface area contributed by atoms with Crippen LogP contribution in [-0.2, 0) is 6.18 Å². The summed E-state index contributed by atoms with van der Waals surface area (Å²) in [6.07, 6.45) is -13.6. The second-order valence-electron chi connectivity index (χ2n) is 11.5. The van der Waals surface area contributed by atoms with E-state index in [9.17, 15) is 49.7 Å². The third kappa shape index (κ3) is 4.10. The Morgan fingerprint density at radius 2 is 1.61 bits per heavy atom. The first-order valence-corrected chi connectivity index (χ1v) is 12.0. The molecule has 3 aliphatic carbocycles. The van der Waals surface area contributed by atoms with Crippen molar-refractivity contribution in [2.45, 2.75) is 80.8 Å². The second kappa shape index (κ2) is 8.03. The van der Waals surface area contributed by atoms with Crippen molar-refractivity contribution in [2.75, 3.05) is 24.6 Å². The monoisotopic (exact) mass is 563 g/mol. The van der Waals surface area contributed by atoms with Gasteiger partial charge in [-0.15, -0.1) is 0 Å².